The maximum Gasteiger partial charge on any atom is 0.412 e. The highest BCUT2D eigenvalue weighted by molar-refractivity contribution is 5.92. The number of nitrogens with zero attached hydrogens (tertiary/aromatic N) is 2. The van der Waals surface area contributed by atoms with Crippen molar-refractivity contribution in [2.24, 2.45) is 4.99 Å². The molecule has 1 aliphatic rings. The Morgan fingerprint density at radius 2 is 2.08 bits per heavy atom. The van der Waals surface area contributed by atoms with Gasteiger partial charge in [-0.15, -0.1) is 12.4 Å². The van der Waals surface area contributed by atoms with Crippen LogP contribution >= 0.6 is 12.4 Å². The van der Waals surface area contributed by atoms with Gasteiger partial charge in [0.2, 0.25) is 0 Å². The highest BCUT2D eigenvalue weighted by atomic mass is 35.5. The number of hydrogen-bond donors (Lipinski definition) is 2. The van der Waals surface area contributed by atoms with E-state index in [0.29, 0.717) is 4.90 Å². The van der Waals surface area contributed by atoms with E-state index < -0.39 is 12.1 Å². The van der Waals surface area contributed by atoms with Gasteiger partial charge in [0.15, 0.2) is 5.70 Å². The Labute approximate surface area is 79.6 Å². The van der Waals surface area contributed by atoms with E-state index >= 15 is 0 Å². The Morgan fingerprint density at radius 3 is 2.46 bits per heavy atom. The summed E-state index contributed by atoms with van der Waals surface area (Å²) in [5.74, 6) is -1.30. The first-order valence-electron chi connectivity index (χ1n) is 3.08. The first-order chi connectivity index (χ1) is 5.63. The number of aliphatic imine (C=N–C) groups is 1. The molecule has 6 nitrogen and oxygen atoms in total. The van der Waals surface area contributed by atoms with Crippen LogP contribution in [0.3, 0.4) is 0 Å². The van der Waals surface area contributed by atoms with Gasteiger partial charge in [-0.25, -0.2) is 9.59 Å². The predicted molar refractivity (Wildman–Crippen MR) is 46.2 cm³/mol. The van der Waals surface area contributed by atoms with Gasteiger partial charge in [0, 0.05) is 6.21 Å². The number of amides is 1. The van der Waals surface area contributed by atoms with Gasteiger partial charge in [-0.3, -0.25) is 9.89 Å². The van der Waals surface area contributed by atoms with Gasteiger partial charge < -0.3 is 10.2 Å². The zero-order valence-corrected chi connectivity index (χ0v) is 7.19. The second kappa shape index (κ2) is 4.46. The third-order valence-electron chi connectivity index (χ3n) is 1.31. The average Bonchev–Trinajstić information content (AvgIpc) is 2.04. The summed E-state index contributed by atoms with van der Waals surface area (Å²) in [7, 11) is 0. The monoisotopic (exact) mass is 206 g/mol. The number of carbonyl (C=O) groups is 2. The van der Waals surface area contributed by atoms with Crippen LogP contribution in [0, 0.1) is 0 Å². The minimum Gasteiger partial charge on any atom is -0.477 e. The molecule has 0 aromatic heterocycles. The summed E-state index contributed by atoms with van der Waals surface area (Å²) in [6.07, 6.45) is 1.02. The summed E-state index contributed by atoms with van der Waals surface area (Å²) in [4.78, 5) is 25.1. The highest BCUT2D eigenvalue weighted by Gasteiger charge is 2.23. The predicted octanol–water partition coefficient (Wildman–Crippen LogP) is 0.399. The van der Waals surface area contributed by atoms with Crippen LogP contribution in [0.5, 0.6) is 0 Å². The van der Waals surface area contributed by atoms with Crippen molar-refractivity contribution in [1.29, 1.82) is 0 Å². The molecular weight excluding hydrogens is 200 g/mol. The number of rotatable bonds is 1. The van der Waals surface area contributed by atoms with Gasteiger partial charge in [0.1, 0.15) is 0 Å². The molecule has 0 saturated carbocycles. The average molecular weight is 207 g/mol. The van der Waals surface area contributed by atoms with Crippen LogP contribution in [-0.4, -0.2) is 39.9 Å². The smallest absolute Gasteiger partial charge is 0.412 e. The molecule has 0 unspecified atom stereocenters. The fraction of sp³-hybridized carbons (Fsp3) is 0.167. The van der Waals surface area contributed by atoms with Crippen molar-refractivity contribution in [3.63, 3.8) is 0 Å². The van der Waals surface area contributed by atoms with E-state index in [1.807, 2.05) is 0 Å². The number of carboxylic acids is 1. The minimum atomic E-state index is -1.30. The maximum absolute atomic E-state index is 10.4. The van der Waals surface area contributed by atoms with Gasteiger partial charge in [-0.05, 0) is 0 Å². The third-order valence-corrected chi connectivity index (χ3v) is 1.31. The maximum atomic E-state index is 10.4. The van der Waals surface area contributed by atoms with Gasteiger partial charge in [-0.1, -0.05) is 0 Å². The molecule has 0 aliphatic carbocycles. The van der Waals surface area contributed by atoms with Crippen LogP contribution in [0.15, 0.2) is 16.9 Å². The van der Waals surface area contributed by atoms with Crippen LogP contribution in [0.4, 0.5) is 4.79 Å². The summed E-state index contributed by atoms with van der Waals surface area (Å²) in [5, 5.41) is 17.0. The van der Waals surface area contributed by atoms with Crippen molar-refractivity contribution in [3.05, 3.63) is 11.9 Å². The zero-order valence-electron chi connectivity index (χ0n) is 6.38. The summed E-state index contributed by atoms with van der Waals surface area (Å²) in [6.45, 7) is -0.0204. The van der Waals surface area contributed by atoms with E-state index in [-0.39, 0.29) is 24.6 Å². The molecule has 0 bridgehead atoms. The van der Waals surface area contributed by atoms with E-state index in [9.17, 15) is 9.59 Å². The first-order valence-corrected chi connectivity index (χ1v) is 3.08. The van der Waals surface area contributed by atoms with Crippen LogP contribution in [0.25, 0.3) is 0 Å². The Morgan fingerprint density at radius 1 is 1.46 bits per heavy atom. The van der Waals surface area contributed by atoms with Gasteiger partial charge in [-0.2, -0.15) is 0 Å². The lowest BCUT2D eigenvalue weighted by Crippen LogP contribution is -2.35. The molecule has 1 rings (SSSR count). The van der Waals surface area contributed by atoms with Crippen LogP contribution in [0.1, 0.15) is 0 Å². The van der Waals surface area contributed by atoms with E-state index in [2.05, 4.69) is 4.99 Å². The van der Waals surface area contributed by atoms with Gasteiger partial charge >= 0.3 is 12.1 Å². The van der Waals surface area contributed by atoms with Crippen molar-refractivity contribution in [1.82, 2.24) is 4.90 Å². The summed E-state index contributed by atoms with van der Waals surface area (Å²) in [5.41, 5.74) is -0.329. The van der Waals surface area contributed by atoms with Crippen molar-refractivity contribution >= 4 is 30.7 Å². The molecule has 0 atom stereocenters. The Hall–Kier alpha value is -1.56. The molecule has 1 heterocycles. The Bertz CT molecular complexity index is 286. The first kappa shape index (κ1) is 11.4. The van der Waals surface area contributed by atoms with E-state index in [1.54, 1.807) is 0 Å². The largest absolute Gasteiger partial charge is 0.477 e. The van der Waals surface area contributed by atoms with E-state index in [0.717, 1.165) is 6.20 Å². The molecule has 13 heavy (non-hydrogen) atoms. The second-order valence-corrected chi connectivity index (χ2v) is 2.04. The van der Waals surface area contributed by atoms with Crippen molar-refractivity contribution < 1.29 is 19.8 Å². The zero-order chi connectivity index (χ0) is 9.14. The molecule has 0 aromatic rings. The molecule has 0 fully saturated rings. The van der Waals surface area contributed by atoms with Crippen molar-refractivity contribution in [2.75, 3.05) is 6.54 Å². The van der Waals surface area contributed by atoms with Gasteiger partial charge in [0.25, 0.3) is 0 Å². The fourth-order valence-electron chi connectivity index (χ4n) is 0.772. The highest BCUT2D eigenvalue weighted by Crippen LogP contribution is 2.07. The minimum absolute atomic E-state index is 0. The molecule has 0 radical (unpaired) electrons. The molecule has 0 spiro atoms. The lowest BCUT2D eigenvalue weighted by molar-refractivity contribution is -0.134. The normalized spacial score (nSPS) is 14.5. The second-order valence-electron chi connectivity index (χ2n) is 2.04. The topological polar surface area (TPSA) is 90.2 Å². The molecule has 72 valence electrons. The molecule has 1 amide bonds. The summed E-state index contributed by atoms with van der Waals surface area (Å²) < 4.78 is 0. The molecule has 7 heteroatoms. The third kappa shape index (κ3) is 2.45. The molecule has 0 aromatic carbocycles. The molecule has 2 N–H and O–H groups in total. The SMILES string of the molecule is Cl.O=C(O)C1=CN=CCN1C(=O)O. The van der Waals surface area contributed by atoms with Crippen LogP contribution in [-0.2, 0) is 4.79 Å². The summed E-state index contributed by atoms with van der Waals surface area (Å²) >= 11 is 0. The van der Waals surface area contributed by atoms with Gasteiger partial charge in [0.05, 0.1) is 12.7 Å². The molecule has 1 aliphatic heterocycles. The van der Waals surface area contributed by atoms with Crippen LogP contribution < -0.4 is 0 Å². The standard InChI is InChI=1S/C6H6N2O4.ClH/c9-5(10)4-3-7-1-2-8(4)6(11)12;/h1,3H,2H2,(H,9,10)(H,11,12);1H. The lowest BCUT2D eigenvalue weighted by atomic mass is 10.3. The van der Waals surface area contributed by atoms with E-state index in [1.165, 1.54) is 6.21 Å². The molecule has 0 saturated heterocycles. The Kier molecular flexibility index (Phi) is 3.93. The van der Waals surface area contributed by atoms with Crippen molar-refractivity contribution in [2.45, 2.75) is 0 Å². The molecular formula is C6H7ClN2O4. The number of halogens is 1. The summed E-state index contributed by atoms with van der Waals surface area (Å²) in [6, 6.07) is 0. The fourth-order valence-corrected chi connectivity index (χ4v) is 0.772. The number of hydrogen-bond acceptors (Lipinski definition) is 3. The number of carboxylic acid groups (broad SMARTS) is 2. The van der Waals surface area contributed by atoms with Crippen LogP contribution in [0.2, 0.25) is 0 Å². The lowest BCUT2D eigenvalue weighted by Gasteiger charge is -2.18. The Balaban J connectivity index is 0.00000144. The van der Waals surface area contributed by atoms with Crippen molar-refractivity contribution in [3.8, 4) is 0 Å². The van der Waals surface area contributed by atoms with E-state index in [4.69, 9.17) is 10.2 Å². The quantitative estimate of drug-likeness (QED) is 0.650. The number of aliphatic carboxylic acids is 1.